The molecule has 4 heteroatoms. The van der Waals surface area contributed by atoms with E-state index >= 15 is 0 Å². The SMILES string of the molecule is O=C(/C=C/c1ccc(Cl)cc1)NCC(O)c1ccccc1. The fourth-order valence-electron chi connectivity index (χ4n) is 1.80. The average molecular weight is 302 g/mol. The maximum Gasteiger partial charge on any atom is 0.244 e. The van der Waals surface area contributed by atoms with Gasteiger partial charge in [-0.2, -0.15) is 0 Å². The summed E-state index contributed by atoms with van der Waals surface area (Å²) in [4.78, 5) is 11.7. The first-order chi connectivity index (χ1) is 10.1. The molecule has 0 bridgehead atoms. The van der Waals surface area contributed by atoms with Crippen LogP contribution in [0.4, 0.5) is 0 Å². The number of hydrogen-bond donors (Lipinski definition) is 2. The van der Waals surface area contributed by atoms with Crippen LogP contribution in [0.3, 0.4) is 0 Å². The molecule has 0 aliphatic carbocycles. The van der Waals surface area contributed by atoms with E-state index in [0.29, 0.717) is 5.02 Å². The van der Waals surface area contributed by atoms with E-state index in [9.17, 15) is 9.90 Å². The summed E-state index contributed by atoms with van der Waals surface area (Å²) in [5.41, 5.74) is 1.66. The Labute approximate surface area is 128 Å². The Bertz CT molecular complexity index is 608. The molecule has 0 aliphatic rings. The first kappa shape index (κ1) is 15.3. The Morgan fingerprint density at radius 3 is 2.48 bits per heavy atom. The lowest BCUT2D eigenvalue weighted by atomic mass is 10.1. The standard InChI is InChI=1S/C17H16ClNO2/c18-15-9-6-13(7-10-15)8-11-17(21)19-12-16(20)14-4-2-1-3-5-14/h1-11,16,20H,12H2,(H,19,21)/b11-8+. The summed E-state index contributed by atoms with van der Waals surface area (Å²) in [5.74, 6) is -0.250. The first-order valence-electron chi connectivity index (χ1n) is 6.59. The highest BCUT2D eigenvalue weighted by atomic mass is 35.5. The van der Waals surface area contributed by atoms with Crippen molar-refractivity contribution in [2.24, 2.45) is 0 Å². The van der Waals surface area contributed by atoms with Crippen molar-refractivity contribution in [3.8, 4) is 0 Å². The Balaban J connectivity index is 1.83. The molecule has 2 N–H and O–H groups in total. The molecule has 3 nitrogen and oxygen atoms in total. The highest BCUT2D eigenvalue weighted by Gasteiger charge is 2.07. The van der Waals surface area contributed by atoms with Crippen LogP contribution in [-0.2, 0) is 4.79 Å². The number of carbonyl (C=O) groups is 1. The number of halogens is 1. The van der Waals surface area contributed by atoms with Crippen LogP contribution in [0.15, 0.2) is 60.7 Å². The first-order valence-corrected chi connectivity index (χ1v) is 6.97. The van der Waals surface area contributed by atoms with E-state index in [1.165, 1.54) is 6.08 Å². The normalized spacial score (nSPS) is 12.3. The predicted molar refractivity (Wildman–Crippen MR) is 84.9 cm³/mol. The second kappa shape index (κ2) is 7.62. The highest BCUT2D eigenvalue weighted by Crippen LogP contribution is 2.11. The van der Waals surface area contributed by atoms with E-state index in [4.69, 9.17) is 11.6 Å². The largest absolute Gasteiger partial charge is 0.387 e. The predicted octanol–water partition coefficient (Wildman–Crippen LogP) is 3.20. The molecule has 21 heavy (non-hydrogen) atoms. The molecule has 0 fully saturated rings. The van der Waals surface area contributed by atoms with E-state index in [2.05, 4.69) is 5.32 Å². The summed E-state index contributed by atoms with van der Waals surface area (Å²) in [6.45, 7) is 0.174. The van der Waals surface area contributed by atoms with E-state index in [0.717, 1.165) is 11.1 Å². The lowest BCUT2D eigenvalue weighted by Gasteiger charge is -2.10. The number of rotatable bonds is 5. The van der Waals surface area contributed by atoms with Gasteiger partial charge in [0.25, 0.3) is 0 Å². The number of aliphatic hydroxyl groups excluding tert-OH is 1. The fraction of sp³-hybridized carbons (Fsp3) is 0.118. The van der Waals surface area contributed by atoms with Gasteiger partial charge in [-0.25, -0.2) is 0 Å². The van der Waals surface area contributed by atoms with Gasteiger partial charge in [-0.1, -0.05) is 54.1 Å². The van der Waals surface area contributed by atoms with Crippen molar-refractivity contribution in [1.82, 2.24) is 5.32 Å². The molecule has 1 amide bonds. The molecule has 0 aromatic heterocycles. The maximum absolute atomic E-state index is 11.7. The zero-order valence-corrected chi connectivity index (χ0v) is 12.1. The Hall–Kier alpha value is -2.10. The molecule has 0 radical (unpaired) electrons. The van der Waals surface area contributed by atoms with Crippen molar-refractivity contribution in [3.63, 3.8) is 0 Å². The molecular formula is C17H16ClNO2. The molecule has 2 rings (SSSR count). The Morgan fingerprint density at radius 2 is 1.81 bits per heavy atom. The summed E-state index contributed by atoms with van der Waals surface area (Å²) in [6.07, 6.45) is 2.42. The summed E-state index contributed by atoms with van der Waals surface area (Å²) < 4.78 is 0. The third kappa shape index (κ3) is 5.06. The molecule has 2 aromatic carbocycles. The Morgan fingerprint density at radius 1 is 1.14 bits per heavy atom. The number of hydrogen-bond acceptors (Lipinski definition) is 2. The van der Waals surface area contributed by atoms with Crippen LogP contribution < -0.4 is 5.32 Å². The average Bonchev–Trinajstić information content (AvgIpc) is 2.53. The molecular weight excluding hydrogens is 286 g/mol. The van der Waals surface area contributed by atoms with Crippen LogP contribution in [0, 0.1) is 0 Å². The van der Waals surface area contributed by atoms with Gasteiger partial charge in [0, 0.05) is 17.6 Å². The number of aliphatic hydroxyl groups is 1. The topological polar surface area (TPSA) is 49.3 Å². The quantitative estimate of drug-likeness (QED) is 0.833. The monoisotopic (exact) mass is 301 g/mol. The van der Waals surface area contributed by atoms with Gasteiger partial charge in [0.2, 0.25) is 5.91 Å². The van der Waals surface area contributed by atoms with Gasteiger partial charge >= 0.3 is 0 Å². The van der Waals surface area contributed by atoms with Gasteiger partial charge in [0.15, 0.2) is 0 Å². The second-order valence-corrected chi connectivity index (χ2v) is 4.99. The molecule has 0 spiro atoms. The van der Waals surface area contributed by atoms with Crippen molar-refractivity contribution < 1.29 is 9.90 Å². The van der Waals surface area contributed by atoms with Crippen molar-refractivity contribution in [1.29, 1.82) is 0 Å². The third-order valence-electron chi connectivity index (χ3n) is 2.95. The number of carbonyl (C=O) groups excluding carboxylic acids is 1. The van der Waals surface area contributed by atoms with Gasteiger partial charge < -0.3 is 10.4 Å². The van der Waals surface area contributed by atoms with Crippen LogP contribution in [0.5, 0.6) is 0 Å². The zero-order valence-electron chi connectivity index (χ0n) is 11.4. The van der Waals surface area contributed by atoms with Crippen LogP contribution in [0.1, 0.15) is 17.2 Å². The smallest absolute Gasteiger partial charge is 0.244 e. The minimum atomic E-state index is -0.709. The van der Waals surface area contributed by atoms with Crippen molar-refractivity contribution in [2.45, 2.75) is 6.10 Å². The molecule has 1 unspecified atom stereocenters. The van der Waals surface area contributed by atoms with Crippen LogP contribution in [0.2, 0.25) is 5.02 Å². The minimum Gasteiger partial charge on any atom is -0.387 e. The zero-order chi connectivity index (χ0) is 15.1. The summed E-state index contributed by atoms with van der Waals surface area (Å²) in [5, 5.41) is 13.2. The molecule has 0 saturated carbocycles. The maximum atomic E-state index is 11.7. The van der Waals surface area contributed by atoms with Gasteiger partial charge in [-0.3, -0.25) is 4.79 Å². The van der Waals surface area contributed by atoms with E-state index < -0.39 is 6.10 Å². The van der Waals surface area contributed by atoms with Crippen molar-refractivity contribution in [2.75, 3.05) is 6.54 Å². The van der Waals surface area contributed by atoms with Crippen molar-refractivity contribution in [3.05, 3.63) is 76.8 Å². The third-order valence-corrected chi connectivity index (χ3v) is 3.20. The number of amides is 1. The second-order valence-electron chi connectivity index (χ2n) is 4.56. The van der Waals surface area contributed by atoms with Crippen LogP contribution >= 0.6 is 11.6 Å². The lowest BCUT2D eigenvalue weighted by Crippen LogP contribution is -2.26. The Kier molecular flexibility index (Phi) is 5.55. The van der Waals surface area contributed by atoms with Crippen LogP contribution in [-0.4, -0.2) is 17.6 Å². The lowest BCUT2D eigenvalue weighted by molar-refractivity contribution is -0.116. The molecule has 1 atom stereocenters. The summed E-state index contributed by atoms with van der Waals surface area (Å²) in [7, 11) is 0. The molecule has 0 saturated heterocycles. The van der Waals surface area contributed by atoms with E-state index in [1.54, 1.807) is 18.2 Å². The summed E-state index contributed by atoms with van der Waals surface area (Å²) in [6, 6.07) is 16.4. The molecule has 0 heterocycles. The van der Waals surface area contributed by atoms with Gasteiger partial charge in [0.05, 0.1) is 6.10 Å². The minimum absolute atomic E-state index is 0.174. The summed E-state index contributed by atoms with van der Waals surface area (Å²) >= 11 is 5.79. The highest BCUT2D eigenvalue weighted by molar-refractivity contribution is 6.30. The molecule has 2 aromatic rings. The molecule has 108 valence electrons. The van der Waals surface area contributed by atoms with Gasteiger partial charge in [-0.05, 0) is 29.3 Å². The van der Waals surface area contributed by atoms with E-state index in [1.807, 2.05) is 42.5 Å². The van der Waals surface area contributed by atoms with E-state index in [-0.39, 0.29) is 12.5 Å². The van der Waals surface area contributed by atoms with Gasteiger partial charge in [-0.15, -0.1) is 0 Å². The number of benzene rings is 2. The fourth-order valence-corrected chi connectivity index (χ4v) is 1.92. The number of nitrogens with one attached hydrogen (secondary N) is 1. The molecule has 0 aliphatic heterocycles. The van der Waals surface area contributed by atoms with Crippen molar-refractivity contribution >= 4 is 23.6 Å². The van der Waals surface area contributed by atoms with Gasteiger partial charge in [0.1, 0.15) is 0 Å². The van der Waals surface area contributed by atoms with Crippen LogP contribution in [0.25, 0.3) is 6.08 Å².